The number of anilines is 1. The maximum atomic E-state index is 13.4. The van der Waals surface area contributed by atoms with Crippen LogP contribution in [0.1, 0.15) is 28.8 Å². The molecule has 3 aromatic rings. The highest BCUT2D eigenvalue weighted by atomic mass is 35.5. The van der Waals surface area contributed by atoms with Gasteiger partial charge in [0.2, 0.25) is 5.91 Å². The number of nitrogens with one attached hydrogen (secondary N) is 1. The molecule has 9 nitrogen and oxygen atoms in total. The van der Waals surface area contributed by atoms with E-state index in [9.17, 15) is 14.4 Å². The van der Waals surface area contributed by atoms with Gasteiger partial charge in [-0.25, -0.2) is 0 Å². The predicted molar refractivity (Wildman–Crippen MR) is 156 cm³/mol. The van der Waals surface area contributed by atoms with E-state index in [1.54, 1.807) is 55.4 Å². The number of halogens is 1. The maximum Gasteiger partial charge on any atom is 0.306 e. The van der Waals surface area contributed by atoms with Gasteiger partial charge in [0.25, 0.3) is 5.91 Å². The summed E-state index contributed by atoms with van der Waals surface area (Å²) in [7, 11) is 4.65. The molecule has 0 bridgehead atoms. The van der Waals surface area contributed by atoms with Gasteiger partial charge in [-0.1, -0.05) is 42.5 Å². The Hall–Kier alpha value is -4.37. The van der Waals surface area contributed by atoms with Gasteiger partial charge in [-0.05, 0) is 47.9 Å². The average Bonchev–Trinajstić information content (AvgIpc) is 3.25. The number of hydrogen-bond donors (Lipinski definition) is 2. The SMILES string of the molecule is COC(=O)C[C@@H]1C[C@@H](COc2ccc(-c3ccc(C(=N)N)cc3)cc2)N(c2cccc(C(=O)N(C)C)c2)C1=O.Cl. The zero-order valence-corrected chi connectivity index (χ0v) is 23.4. The lowest BCUT2D eigenvalue weighted by Gasteiger charge is -2.25. The number of ether oxygens (including phenoxy) is 2. The fraction of sp³-hybridized carbons (Fsp3) is 0.267. The standard InChI is InChI=1S/C30H32N4O5.ClH/c1-33(2)29(36)22-5-4-6-24(15-22)34-25(16-23(30(34)37)17-27(35)38-3)18-39-26-13-11-20(12-14-26)19-7-9-21(10-8-19)28(31)32;/h4-15,23,25H,16-18H2,1-3H3,(H3,31,32);1H/t23-,25-;/m0./s1. The van der Waals surface area contributed by atoms with E-state index in [1.807, 2.05) is 36.4 Å². The fourth-order valence-electron chi connectivity index (χ4n) is 4.67. The third-order valence-electron chi connectivity index (χ3n) is 6.75. The minimum Gasteiger partial charge on any atom is -0.491 e. The normalized spacial score (nSPS) is 16.2. The highest BCUT2D eigenvalue weighted by Crippen LogP contribution is 2.34. The second-order valence-electron chi connectivity index (χ2n) is 9.65. The van der Waals surface area contributed by atoms with E-state index in [-0.39, 0.29) is 49.1 Å². The van der Waals surface area contributed by atoms with Crippen molar-refractivity contribution in [3.8, 4) is 16.9 Å². The van der Waals surface area contributed by atoms with Crippen molar-refractivity contribution in [1.29, 1.82) is 5.41 Å². The van der Waals surface area contributed by atoms with Crippen LogP contribution in [0.15, 0.2) is 72.8 Å². The van der Waals surface area contributed by atoms with Crippen LogP contribution in [-0.2, 0) is 14.3 Å². The van der Waals surface area contributed by atoms with Crippen LogP contribution < -0.4 is 15.4 Å². The van der Waals surface area contributed by atoms with Crippen LogP contribution >= 0.6 is 12.4 Å². The van der Waals surface area contributed by atoms with Gasteiger partial charge in [0.15, 0.2) is 0 Å². The smallest absolute Gasteiger partial charge is 0.306 e. The quantitative estimate of drug-likeness (QED) is 0.229. The zero-order valence-electron chi connectivity index (χ0n) is 22.6. The van der Waals surface area contributed by atoms with E-state index < -0.39 is 11.9 Å². The Bertz CT molecular complexity index is 1380. The van der Waals surface area contributed by atoms with Crippen LogP contribution in [0, 0.1) is 11.3 Å². The molecular formula is C30H33ClN4O5. The molecule has 4 rings (SSSR count). The van der Waals surface area contributed by atoms with Crippen molar-refractivity contribution < 1.29 is 23.9 Å². The number of hydrogen-bond acceptors (Lipinski definition) is 6. The molecule has 2 atom stereocenters. The Labute approximate surface area is 239 Å². The van der Waals surface area contributed by atoms with Crippen molar-refractivity contribution in [2.24, 2.45) is 11.7 Å². The first-order valence-corrected chi connectivity index (χ1v) is 12.6. The summed E-state index contributed by atoms with van der Waals surface area (Å²) < 4.78 is 10.9. The predicted octanol–water partition coefficient (Wildman–Crippen LogP) is 4.12. The molecule has 210 valence electrons. The van der Waals surface area contributed by atoms with Gasteiger partial charge >= 0.3 is 5.97 Å². The summed E-state index contributed by atoms with van der Waals surface area (Å²) in [6.07, 6.45) is 0.399. The number of amidine groups is 1. The van der Waals surface area contributed by atoms with Crippen LogP contribution in [0.3, 0.4) is 0 Å². The van der Waals surface area contributed by atoms with Crippen molar-refractivity contribution in [2.45, 2.75) is 18.9 Å². The number of nitrogen functional groups attached to an aromatic ring is 1. The summed E-state index contributed by atoms with van der Waals surface area (Å²) in [5.74, 6) is -0.696. The Morgan fingerprint density at radius 2 is 1.62 bits per heavy atom. The first-order valence-electron chi connectivity index (χ1n) is 12.6. The van der Waals surface area contributed by atoms with Gasteiger partial charge in [-0.3, -0.25) is 19.8 Å². The largest absolute Gasteiger partial charge is 0.491 e. The molecule has 0 saturated carbocycles. The fourth-order valence-corrected chi connectivity index (χ4v) is 4.67. The number of benzene rings is 3. The van der Waals surface area contributed by atoms with Gasteiger partial charge in [-0.15, -0.1) is 12.4 Å². The molecule has 40 heavy (non-hydrogen) atoms. The van der Waals surface area contributed by atoms with E-state index in [1.165, 1.54) is 12.0 Å². The third kappa shape index (κ3) is 6.79. The number of carbonyl (C=O) groups is 3. The van der Waals surface area contributed by atoms with Crippen molar-refractivity contribution in [2.75, 3.05) is 32.7 Å². The molecule has 0 aromatic heterocycles. The van der Waals surface area contributed by atoms with Crippen LogP contribution in [0.5, 0.6) is 5.75 Å². The molecule has 2 amide bonds. The van der Waals surface area contributed by atoms with Crippen LogP contribution in [0.4, 0.5) is 5.69 Å². The van der Waals surface area contributed by atoms with Crippen molar-refractivity contribution in [3.05, 3.63) is 83.9 Å². The average molecular weight is 565 g/mol. The molecule has 3 N–H and O–H groups in total. The van der Waals surface area contributed by atoms with Gasteiger partial charge in [0, 0.05) is 30.9 Å². The molecular weight excluding hydrogens is 532 g/mol. The highest BCUT2D eigenvalue weighted by molar-refractivity contribution is 6.01. The molecule has 1 aliphatic rings. The molecule has 0 unspecified atom stereocenters. The van der Waals surface area contributed by atoms with Crippen LogP contribution in [0.25, 0.3) is 11.1 Å². The Morgan fingerprint density at radius 3 is 2.20 bits per heavy atom. The molecule has 10 heteroatoms. The molecule has 0 aliphatic carbocycles. The van der Waals surface area contributed by atoms with E-state index in [2.05, 4.69) is 0 Å². The molecule has 1 aliphatic heterocycles. The summed E-state index contributed by atoms with van der Waals surface area (Å²) in [5.41, 5.74) is 9.21. The molecule has 1 heterocycles. The Morgan fingerprint density at radius 1 is 1.00 bits per heavy atom. The lowest BCUT2D eigenvalue weighted by Crippen LogP contribution is -2.38. The summed E-state index contributed by atoms with van der Waals surface area (Å²) in [6.45, 7) is 0.210. The van der Waals surface area contributed by atoms with Gasteiger partial charge in [0.05, 0.1) is 25.5 Å². The van der Waals surface area contributed by atoms with Crippen molar-refractivity contribution in [3.63, 3.8) is 0 Å². The van der Waals surface area contributed by atoms with Gasteiger partial charge < -0.3 is 25.0 Å². The number of methoxy groups -OCH3 is 1. The second-order valence-corrected chi connectivity index (χ2v) is 9.65. The van der Waals surface area contributed by atoms with Crippen molar-refractivity contribution >= 4 is 41.7 Å². The number of esters is 1. The van der Waals surface area contributed by atoms with E-state index in [0.717, 1.165) is 11.1 Å². The lowest BCUT2D eigenvalue weighted by molar-refractivity contribution is -0.143. The third-order valence-corrected chi connectivity index (χ3v) is 6.75. The topological polar surface area (TPSA) is 126 Å². The maximum absolute atomic E-state index is 13.4. The second kappa shape index (κ2) is 13.1. The summed E-state index contributed by atoms with van der Waals surface area (Å²) in [5, 5.41) is 7.54. The first-order chi connectivity index (χ1) is 18.7. The number of rotatable bonds is 9. The van der Waals surface area contributed by atoms with Crippen LogP contribution in [0.2, 0.25) is 0 Å². The first kappa shape index (κ1) is 30.2. The molecule has 0 spiro atoms. The minimum atomic E-state index is -0.542. The number of nitrogens with two attached hydrogens (primary N) is 1. The number of carbonyl (C=O) groups excluding carboxylic acids is 3. The summed E-state index contributed by atoms with van der Waals surface area (Å²) >= 11 is 0. The van der Waals surface area contributed by atoms with E-state index in [4.69, 9.17) is 20.6 Å². The number of nitrogens with zero attached hydrogens (tertiary/aromatic N) is 2. The molecule has 0 radical (unpaired) electrons. The Kier molecular flexibility index (Phi) is 9.90. The van der Waals surface area contributed by atoms with Crippen LogP contribution in [-0.4, -0.2) is 62.4 Å². The summed E-state index contributed by atoms with van der Waals surface area (Å²) in [4.78, 5) is 41.0. The van der Waals surface area contributed by atoms with Gasteiger partial charge in [-0.2, -0.15) is 0 Å². The molecule has 1 saturated heterocycles. The van der Waals surface area contributed by atoms with E-state index >= 15 is 0 Å². The summed E-state index contributed by atoms with van der Waals surface area (Å²) in [6, 6.07) is 21.6. The van der Waals surface area contributed by atoms with E-state index in [0.29, 0.717) is 29.0 Å². The zero-order chi connectivity index (χ0) is 28.1. The lowest BCUT2D eigenvalue weighted by atomic mass is 10.0. The highest BCUT2D eigenvalue weighted by Gasteiger charge is 2.42. The van der Waals surface area contributed by atoms with Gasteiger partial charge in [0.1, 0.15) is 18.2 Å². The minimum absolute atomic E-state index is 0. The van der Waals surface area contributed by atoms with Crippen molar-refractivity contribution in [1.82, 2.24) is 4.90 Å². The molecule has 1 fully saturated rings. The Balaban J connectivity index is 0.00000441. The number of amides is 2. The molecule has 3 aromatic carbocycles. The monoisotopic (exact) mass is 564 g/mol.